The van der Waals surface area contributed by atoms with Crippen LogP contribution in [0.3, 0.4) is 0 Å². The van der Waals surface area contributed by atoms with Crippen molar-refractivity contribution in [2.45, 2.75) is 39.2 Å². The zero-order valence-corrected chi connectivity index (χ0v) is 11.0. The topological polar surface area (TPSA) is 67.8 Å². The number of fused-ring (bicyclic) bond motifs is 1. The summed E-state index contributed by atoms with van der Waals surface area (Å²) in [7, 11) is 0. The van der Waals surface area contributed by atoms with Gasteiger partial charge in [-0.05, 0) is 25.1 Å². The van der Waals surface area contributed by atoms with E-state index in [2.05, 4.69) is 31.8 Å². The fourth-order valence-corrected chi connectivity index (χ4v) is 2.16. The van der Waals surface area contributed by atoms with Crippen molar-refractivity contribution in [1.29, 1.82) is 0 Å². The number of aromatic amines is 1. The van der Waals surface area contributed by atoms with Gasteiger partial charge in [-0.15, -0.1) is 0 Å². The lowest BCUT2D eigenvalue weighted by molar-refractivity contribution is 0.574. The SMILES string of the molecule is CC(N)c1c(N)ccc2[nH]c(C(C)(C)C)cc12. The lowest BCUT2D eigenvalue weighted by atomic mass is 9.92. The van der Waals surface area contributed by atoms with Crippen molar-refractivity contribution in [2.75, 3.05) is 5.73 Å². The Hall–Kier alpha value is -1.48. The van der Waals surface area contributed by atoms with Crippen molar-refractivity contribution in [3.8, 4) is 0 Å². The van der Waals surface area contributed by atoms with Crippen molar-refractivity contribution in [3.63, 3.8) is 0 Å². The molecule has 1 aromatic heterocycles. The van der Waals surface area contributed by atoms with E-state index in [1.54, 1.807) is 0 Å². The van der Waals surface area contributed by atoms with Crippen molar-refractivity contribution >= 4 is 16.6 Å². The molecule has 2 aromatic rings. The Labute approximate surface area is 102 Å². The van der Waals surface area contributed by atoms with Gasteiger partial charge in [0.15, 0.2) is 0 Å². The van der Waals surface area contributed by atoms with Gasteiger partial charge >= 0.3 is 0 Å². The molecule has 3 heteroatoms. The highest BCUT2D eigenvalue weighted by molar-refractivity contribution is 5.89. The van der Waals surface area contributed by atoms with Gasteiger partial charge in [-0.25, -0.2) is 0 Å². The third kappa shape index (κ3) is 2.03. The monoisotopic (exact) mass is 231 g/mol. The molecular formula is C14H21N3. The number of hydrogen-bond acceptors (Lipinski definition) is 2. The summed E-state index contributed by atoms with van der Waals surface area (Å²) in [5, 5.41) is 1.14. The number of rotatable bonds is 1. The molecule has 1 aromatic carbocycles. The first-order valence-corrected chi connectivity index (χ1v) is 5.98. The molecule has 0 fully saturated rings. The van der Waals surface area contributed by atoms with Gasteiger partial charge in [-0.2, -0.15) is 0 Å². The number of benzene rings is 1. The number of nitrogens with one attached hydrogen (secondary N) is 1. The van der Waals surface area contributed by atoms with E-state index in [1.165, 1.54) is 5.69 Å². The van der Waals surface area contributed by atoms with Gasteiger partial charge in [0, 0.05) is 39.3 Å². The van der Waals surface area contributed by atoms with Crippen LogP contribution in [0.15, 0.2) is 18.2 Å². The van der Waals surface area contributed by atoms with E-state index in [1.807, 2.05) is 19.1 Å². The van der Waals surface area contributed by atoms with Gasteiger partial charge in [0.2, 0.25) is 0 Å². The quantitative estimate of drug-likeness (QED) is 0.660. The average Bonchev–Trinajstić information content (AvgIpc) is 2.59. The summed E-state index contributed by atoms with van der Waals surface area (Å²) >= 11 is 0. The first kappa shape index (κ1) is 12.0. The van der Waals surface area contributed by atoms with Crippen LogP contribution >= 0.6 is 0 Å². The molecule has 5 N–H and O–H groups in total. The molecule has 3 nitrogen and oxygen atoms in total. The average molecular weight is 231 g/mol. The van der Waals surface area contributed by atoms with E-state index in [9.17, 15) is 0 Å². The lowest BCUT2D eigenvalue weighted by Crippen LogP contribution is -2.11. The second-order valence-electron chi connectivity index (χ2n) is 5.75. The van der Waals surface area contributed by atoms with E-state index in [4.69, 9.17) is 11.5 Å². The van der Waals surface area contributed by atoms with Crippen LogP contribution in [0.5, 0.6) is 0 Å². The molecule has 0 saturated carbocycles. The summed E-state index contributed by atoms with van der Waals surface area (Å²) in [5.74, 6) is 0. The standard InChI is InChI=1S/C14H21N3/c1-8(15)13-9-7-12(14(2,3)4)17-11(9)6-5-10(13)16/h5-8,17H,15-16H2,1-4H3. The first-order chi connectivity index (χ1) is 7.80. The molecule has 2 rings (SSSR count). The van der Waals surface area contributed by atoms with Crippen LogP contribution in [0.25, 0.3) is 10.9 Å². The molecule has 0 aliphatic heterocycles. The summed E-state index contributed by atoms with van der Waals surface area (Å²) in [6.07, 6.45) is 0. The van der Waals surface area contributed by atoms with Crippen LogP contribution in [0, 0.1) is 0 Å². The highest BCUT2D eigenvalue weighted by atomic mass is 14.7. The van der Waals surface area contributed by atoms with Crippen molar-refractivity contribution in [1.82, 2.24) is 4.98 Å². The van der Waals surface area contributed by atoms with Gasteiger partial charge < -0.3 is 16.5 Å². The number of aromatic nitrogens is 1. The maximum Gasteiger partial charge on any atom is 0.0461 e. The first-order valence-electron chi connectivity index (χ1n) is 5.98. The Morgan fingerprint density at radius 1 is 1.24 bits per heavy atom. The normalized spacial score (nSPS) is 14.2. The van der Waals surface area contributed by atoms with Crippen LogP contribution < -0.4 is 11.5 Å². The largest absolute Gasteiger partial charge is 0.398 e. The maximum absolute atomic E-state index is 6.01. The molecule has 0 bridgehead atoms. The smallest absolute Gasteiger partial charge is 0.0461 e. The predicted molar refractivity (Wildman–Crippen MR) is 74.0 cm³/mol. The summed E-state index contributed by atoms with van der Waals surface area (Å²) < 4.78 is 0. The molecule has 1 heterocycles. The highest BCUT2D eigenvalue weighted by Gasteiger charge is 2.19. The minimum atomic E-state index is -0.0534. The van der Waals surface area contributed by atoms with Gasteiger partial charge in [0.25, 0.3) is 0 Å². The van der Waals surface area contributed by atoms with Crippen LogP contribution in [-0.2, 0) is 5.41 Å². The molecule has 92 valence electrons. The molecule has 1 atom stereocenters. The van der Waals surface area contributed by atoms with Crippen LogP contribution in [0.2, 0.25) is 0 Å². The van der Waals surface area contributed by atoms with E-state index in [0.717, 1.165) is 22.2 Å². The Morgan fingerprint density at radius 3 is 2.41 bits per heavy atom. The molecule has 17 heavy (non-hydrogen) atoms. The zero-order valence-electron chi connectivity index (χ0n) is 11.0. The second kappa shape index (κ2) is 3.77. The summed E-state index contributed by atoms with van der Waals surface area (Å²) in [6, 6.07) is 6.06. The summed E-state index contributed by atoms with van der Waals surface area (Å²) in [6.45, 7) is 8.53. The van der Waals surface area contributed by atoms with Gasteiger partial charge in [-0.3, -0.25) is 0 Å². The molecule has 1 unspecified atom stereocenters. The van der Waals surface area contributed by atoms with Crippen LogP contribution in [-0.4, -0.2) is 4.98 Å². The van der Waals surface area contributed by atoms with Gasteiger partial charge in [-0.1, -0.05) is 20.8 Å². The van der Waals surface area contributed by atoms with E-state index >= 15 is 0 Å². The van der Waals surface area contributed by atoms with E-state index < -0.39 is 0 Å². The molecule has 0 saturated heterocycles. The van der Waals surface area contributed by atoms with Crippen LogP contribution in [0.4, 0.5) is 5.69 Å². The molecular weight excluding hydrogens is 210 g/mol. The summed E-state index contributed by atoms with van der Waals surface area (Å²) in [5.41, 5.74) is 16.2. The fraction of sp³-hybridized carbons (Fsp3) is 0.429. The second-order valence-corrected chi connectivity index (χ2v) is 5.75. The van der Waals surface area contributed by atoms with Gasteiger partial charge in [0.1, 0.15) is 0 Å². The fourth-order valence-electron chi connectivity index (χ4n) is 2.16. The molecule has 0 amide bonds. The number of anilines is 1. The number of H-pyrrole nitrogens is 1. The number of hydrogen-bond donors (Lipinski definition) is 3. The number of nitrogen functional groups attached to an aromatic ring is 1. The Balaban J connectivity index is 2.73. The van der Waals surface area contributed by atoms with E-state index in [0.29, 0.717) is 0 Å². The maximum atomic E-state index is 6.01. The molecule has 0 aliphatic carbocycles. The molecule has 0 spiro atoms. The third-order valence-corrected chi connectivity index (χ3v) is 3.14. The minimum Gasteiger partial charge on any atom is -0.398 e. The Kier molecular flexibility index (Phi) is 2.66. The van der Waals surface area contributed by atoms with Crippen molar-refractivity contribution in [3.05, 3.63) is 29.5 Å². The van der Waals surface area contributed by atoms with E-state index in [-0.39, 0.29) is 11.5 Å². The third-order valence-electron chi connectivity index (χ3n) is 3.14. The number of nitrogens with two attached hydrogens (primary N) is 2. The summed E-state index contributed by atoms with van der Waals surface area (Å²) in [4.78, 5) is 3.45. The molecule has 0 aliphatic rings. The zero-order chi connectivity index (χ0) is 12.8. The van der Waals surface area contributed by atoms with Crippen molar-refractivity contribution in [2.24, 2.45) is 5.73 Å². The van der Waals surface area contributed by atoms with Gasteiger partial charge in [0.05, 0.1) is 0 Å². The Morgan fingerprint density at radius 2 is 1.88 bits per heavy atom. The molecule has 0 radical (unpaired) electrons. The Bertz CT molecular complexity index is 544. The highest BCUT2D eigenvalue weighted by Crippen LogP contribution is 2.32. The predicted octanol–water partition coefficient (Wildman–Crippen LogP) is 3.07. The minimum absolute atomic E-state index is 0.0534. The van der Waals surface area contributed by atoms with Crippen LogP contribution in [0.1, 0.15) is 45.0 Å². The van der Waals surface area contributed by atoms with Crippen molar-refractivity contribution < 1.29 is 0 Å². The lowest BCUT2D eigenvalue weighted by Gasteiger charge is -2.15.